The van der Waals surface area contributed by atoms with Gasteiger partial charge in [0.15, 0.2) is 10.9 Å². The molecule has 1 amide bonds. The van der Waals surface area contributed by atoms with Crippen LogP contribution >= 0.6 is 11.8 Å². The van der Waals surface area contributed by atoms with Crippen LogP contribution in [0.1, 0.15) is 50.4 Å². The maximum Gasteiger partial charge on any atom is 0.433 e. The number of halogens is 3. The molecule has 0 spiro atoms. The van der Waals surface area contributed by atoms with Gasteiger partial charge in [0.05, 0.1) is 11.4 Å². The first-order valence-electron chi connectivity index (χ1n) is 10.7. The summed E-state index contributed by atoms with van der Waals surface area (Å²) in [6.07, 6.45) is -1.91. The van der Waals surface area contributed by atoms with Gasteiger partial charge in [-0.2, -0.15) is 13.2 Å². The van der Waals surface area contributed by atoms with Gasteiger partial charge in [0.1, 0.15) is 0 Å². The lowest BCUT2D eigenvalue weighted by atomic mass is 9.88. The Bertz CT molecular complexity index is 983. The molecule has 3 atom stereocenters. The summed E-state index contributed by atoms with van der Waals surface area (Å²) in [6, 6.07) is 7.65. The quantitative estimate of drug-likeness (QED) is 0.466. The SMILES string of the molecule is CC1C[C@@H](C)N(C(=O)CSc2nc3c(c(C(F)(F)F)n2)CCc2ccccc2-3)[C@@H](C)C1. The molecule has 1 aromatic carbocycles. The third kappa shape index (κ3) is 4.45. The molecule has 1 fully saturated rings. The topological polar surface area (TPSA) is 46.1 Å². The zero-order valence-electron chi connectivity index (χ0n) is 17.9. The van der Waals surface area contributed by atoms with Gasteiger partial charge in [0.2, 0.25) is 5.91 Å². The van der Waals surface area contributed by atoms with Crippen LogP contribution in [0.15, 0.2) is 29.4 Å². The second-order valence-corrected chi connectivity index (χ2v) is 9.64. The maximum absolute atomic E-state index is 13.8. The maximum atomic E-state index is 13.8. The molecule has 1 saturated heterocycles. The number of rotatable bonds is 3. The van der Waals surface area contributed by atoms with Crippen molar-refractivity contribution in [2.75, 3.05) is 5.75 Å². The number of hydrogen-bond acceptors (Lipinski definition) is 4. The molecule has 0 bridgehead atoms. The molecule has 0 radical (unpaired) electrons. The molecule has 1 unspecified atom stereocenters. The number of piperidine rings is 1. The summed E-state index contributed by atoms with van der Waals surface area (Å²) in [5, 5.41) is 0.00168. The van der Waals surface area contributed by atoms with Crippen molar-refractivity contribution in [3.63, 3.8) is 0 Å². The third-order valence-corrected chi connectivity index (χ3v) is 7.05. The molecular weight excluding hydrogens is 423 g/mol. The van der Waals surface area contributed by atoms with Crippen molar-refractivity contribution in [2.24, 2.45) is 5.92 Å². The molecule has 1 aromatic heterocycles. The Morgan fingerprint density at radius 2 is 1.77 bits per heavy atom. The highest BCUT2D eigenvalue weighted by Gasteiger charge is 2.39. The molecule has 1 aliphatic heterocycles. The molecule has 2 heterocycles. The van der Waals surface area contributed by atoms with Crippen LogP contribution in [0.5, 0.6) is 0 Å². The van der Waals surface area contributed by atoms with E-state index < -0.39 is 11.9 Å². The van der Waals surface area contributed by atoms with E-state index in [-0.39, 0.29) is 40.9 Å². The van der Waals surface area contributed by atoms with Crippen molar-refractivity contribution < 1.29 is 18.0 Å². The number of likely N-dealkylation sites (tertiary alicyclic amines) is 1. The molecule has 4 nitrogen and oxygen atoms in total. The Morgan fingerprint density at radius 3 is 2.45 bits per heavy atom. The summed E-state index contributed by atoms with van der Waals surface area (Å²) >= 11 is 0.991. The lowest BCUT2D eigenvalue weighted by Gasteiger charge is -2.41. The number of nitrogens with zero attached hydrogens (tertiary/aromatic N) is 3. The number of aryl methyl sites for hydroxylation is 1. The van der Waals surface area contributed by atoms with E-state index in [1.165, 1.54) is 0 Å². The molecule has 31 heavy (non-hydrogen) atoms. The first-order valence-corrected chi connectivity index (χ1v) is 11.6. The Balaban J connectivity index is 1.62. The van der Waals surface area contributed by atoms with E-state index in [9.17, 15) is 18.0 Å². The van der Waals surface area contributed by atoms with Gasteiger partial charge < -0.3 is 4.90 Å². The second-order valence-electron chi connectivity index (χ2n) is 8.70. The highest BCUT2D eigenvalue weighted by atomic mass is 32.2. The first kappa shape index (κ1) is 22.1. The molecule has 8 heteroatoms. The van der Waals surface area contributed by atoms with Gasteiger partial charge >= 0.3 is 6.18 Å². The summed E-state index contributed by atoms with van der Waals surface area (Å²) in [5.74, 6) is 0.508. The van der Waals surface area contributed by atoms with Crippen molar-refractivity contribution >= 4 is 17.7 Å². The summed E-state index contributed by atoms with van der Waals surface area (Å²) in [6.45, 7) is 6.24. The van der Waals surface area contributed by atoms with Gasteiger partial charge in [-0.05, 0) is 51.0 Å². The lowest BCUT2D eigenvalue weighted by Crippen LogP contribution is -2.50. The molecule has 0 N–H and O–H groups in total. The van der Waals surface area contributed by atoms with E-state index in [1.807, 2.05) is 30.9 Å². The monoisotopic (exact) mass is 449 g/mol. The molecule has 0 saturated carbocycles. The fourth-order valence-corrected chi connectivity index (χ4v) is 5.78. The Morgan fingerprint density at radius 1 is 1.10 bits per heavy atom. The standard InChI is InChI=1S/C23H26F3N3OS/c1-13-10-14(2)29(15(3)11-13)19(30)12-31-22-27-20-17-7-5-4-6-16(17)8-9-18(20)21(28-22)23(24,25)26/h4-7,13-15H,8-12H2,1-3H3/t13?,14-,15+. The molecule has 2 aliphatic rings. The molecule has 2 aromatic rings. The minimum atomic E-state index is -4.56. The average Bonchev–Trinajstić information content (AvgIpc) is 2.70. The number of fused-ring (bicyclic) bond motifs is 3. The molecule has 4 rings (SSSR count). The van der Waals surface area contributed by atoms with Crippen LogP contribution in [-0.2, 0) is 23.8 Å². The lowest BCUT2D eigenvalue weighted by molar-refractivity contribution is -0.142. The zero-order chi connectivity index (χ0) is 22.3. The van der Waals surface area contributed by atoms with E-state index in [1.54, 1.807) is 12.1 Å². The Hall–Kier alpha value is -2.09. The van der Waals surface area contributed by atoms with Crippen LogP contribution in [0, 0.1) is 5.92 Å². The second kappa shape index (κ2) is 8.45. The van der Waals surface area contributed by atoms with Crippen LogP contribution in [0.3, 0.4) is 0 Å². The number of benzene rings is 1. The van der Waals surface area contributed by atoms with Gasteiger partial charge in [0, 0.05) is 23.2 Å². The minimum Gasteiger partial charge on any atom is -0.337 e. The van der Waals surface area contributed by atoms with Crippen LogP contribution in [0.2, 0.25) is 0 Å². The van der Waals surface area contributed by atoms with Crippen LogP contribution in [0.4, 0.5) is 13.2 Å². The van der Waals surface area contributed by atoms with Gasteiger partial charge in [-0.25, -0.2) is 9.97 Å². The number of aromatic nitrogens is 2. The number of amides is 1. The van der Waals surface area contributed by atoms with Crippen molar-refractivity contribution in [1.82, 2.24) is 14.9 Å². The van der Waals surface area contributed by atoms with Crippen molar-refractivity contribution in [3.05, 3.63) is 41.1 Å². The number of hydrogen-bond donors (Lipinski definition) is 0. The predicted octanol–water partition coefficient (Wildman–Crippen LogP) is 5.39. The van der Waals surface area contributed by atoms with Gasteiger partial charge in [-0.3, -0.25) is 4.79 Å². The Labute approximate surface area is 184 Å². The highest BCUT2D eigenvalue weighted by molar-refractivity contribution is 7.99. The van der Waals surface area contributed by atoms with Crippen molar-refractivity contribution in [3.8, 4) is 11.3 Å². The van der Waals surface area contributed by atoms with Crippen molar-refractivity contribution in [2.45, 2.75) is 69.9 Å². The number of thioether (sulfide) groups is 1. The number of alkyl halides is 3. The minimum absolute atomic E-state index is 0.00168. The summed E-state index contributed by atoms with van der Waals surface area (Å²) in [5.41, 5.74) is 1.31. The number of carbonyl (C=O) groups is 1. The highest BCUT2D eigenvalue weighted by Crippen LogP contribution is 2.40. The van der Waals surface area contributed by atoms with Crippen LogP contribution in [-0.4, -0.2) is 38.6 Å². The number of carbonyl (C=O) groups excluding carboxylic acids is 1. The molecular formula is C23H26F3N3OS. The van der Waals surface area contributed by atoms with Gasteiger partial charge in [-0.1, -0.05) is 43.0 Å². The van der Waals surface area contributed by atoms with Crippen LogP contribution < -0.4 is 0 Å². The van der Waals surface area contributed by atoms with Gasteiger partial charge in [-0.15, -0.1) is 0 Å². The first-order chi connectivity index (χ1) is 14.6. The van der Waals surface area contributed by atoms with Gasteiger partial charge in [0.25, 0.3) is 0 Å². The third-order valence-electron chi connectivity index (χ3n) is 6.22. The molecule has 1 aliphatic carbocycles. The van der Waals surface area contributed by atoms with E-state index in [4.69, 9.17) is 0 Å². The summed E-state index contributed by atoms with van der Waals surface area (Å²) in [7, 11) is 0. The van der Waals surface area contributed by atoms with E-state index in [0.29, 0.717) is 18.0 Å². The fraction of sp³-hybridized carbons (Fsp3) is 0.522. The largest absolute Gasteiger partial charge is 0.433 e. The van der Waals surface area contributed by atoms with Crippen molar-refractivity contribution in [1.29, 1.82) is 0 Å². The Kier molecular flexibility index (Phi) is 6.03. The zero-order valence-corrected chi connectivity index (χ0v) is 18.7. The predicted molar refractivity (Wildman–Crippen MR) is 115 cm³/mol. The average molecular weight is 450 g/mol. The van der Waals surface area contributed by atoms with E-state index in [0.717, 1.165) is 35.7 Å². The van der Waals surface area contributed by atoms with Crippen LogP contribution in [0.25, 0.3) is 11.3 Å². The fourth-order valence-electron chi connectivity index (χ4n) is 5.07. The van der Waals surface area contributed by atoms with E-state index >= 15 is 0 Å². The summed E-state index contributed by atoms with van der Waals surface area (Å²) < 4.78 is 41.4. The normalized spacial score (nSPS) is 23.3. The molecule has 166 valence electrons. The smallest absolute Gasteiger partial charge is 0.337 e. The van der Waals surface area contributed by atoms with E-state index in [2.05, 4.69) is 16.9 Å². The summed E-state index contributed by atoms with van der Waals surface area (Å²) in [4.78, 5) is 23.1.